The summed E-state index contributed by atoms with van der Waals surface area (Å²) in [6, 6.07) is 6.16. The number of hydrogen-bond donors (Lipinski definition) is 0. The fourth-order valence-electron chi connectivity index (χ4n) is 1.59. The van der Waals surface area contributed by atoms with E-state index in [2.05, 4.69) is 14.8 Å². The Balaban J connectivity index is 2.68. The van der Waals surface area contributed by atoms with Crippen LogP contribution in [-0.2, 0) is 0 Å². The summed E-state index contributed by atoms with van der Waals surface area (Å²) < 4.78 is 13.7. The Bertz CT molecular complexity index is 664. The minimum absolute atomic E-state index is 0.0203. The molecule has 1 heterocycles. The van der Waals surface area contributed by atoms with E-state index in [4.69, 9.17) is 18.2 Å². The summed E-state index contributed by atoms with van der Waals surface area (Å²) in [6.45, 7) is 7.10. The van der Waals surface area contributed by atoms with Crippen LogP contribution in [0.2, 0.25) is 5.15 Å². The van der Waals surface area contributed by atoms with E-state index in [1.165, 1.54) is 6.07 Å². The van der Waals surface area contributed by atoms with Crippen LogP contribution in [0.15, 0.2) is 24.3 Å². The van der Waals surface area contributed by atoms with E-state index in [-0.39, 0.29) is 22.2 Å². The van der Waals surface area contributed by atoms with Crippen molar-refractivity contribution in [3.8, 4) is 11.4 Å². The van der Waals surface area contributed by atoms with Gasteiger partial charge in [0.15, 0.2) is 5.82 Å². The van der Waals surface area contributed by atoms with Crippen molar-refractivity contribution < 1.29 is 4.39 Å². The average Bonchev–Trinajstić information content (AvgIpc) is 2.38. The van der Waals surface area contributed by atoms with E-state index in [1.54, 1.807) is 37.2 Å². The number of hydrogen-bond acceptors (Lipinski definition) is 3. The molecule has 0 radical (unpaired) electrons. The minimum Gasteiger partial charge on any atom is -0.371 e. The molecule has 0 atom stereocenters. The molecule has 0 aliphatic carbocycles. The first kappa shape index (κ1) is 13.2. The van der Waals surface area contributed by atoms with Gasteiger partial charge in [0, 0.05) is 14.1 Å². The number of anilines is 1. The highest BCUT2D eigenvalue weighted by Crippen LogP contribution is 2.34. The molecule has 2 aromatic rings. The van der Waals surface area contributed by atoms with Gasteiger partial charge in [0.2, 0.25) is 0 Å². The van der Waals surface area contributed by atoms with Crippen LogP contribution in [0.3, 0.4) is 0 Å². The molecule has 0 aliphatic rings. The van der Waals surface area contributed by atoms with Crippen LogP contribution in [0.25, 0.3) is 16.2 Å². The smallest absolute Gasteiger partial charge is 0.264 e. The predicted octanol–water partition coefficient (Wildman–Crippen LogP) is 3.55. The third kappa shape index (κ3) is 2.49. The molecule has 0 spiro atoms. The zero-order valence-corrected chi connectivity index (χ0v) is 11.1. The Hall–Kier alpha value is -2.19. The second kappa shape index (κ2) is 5.21. The molecule has 1 aromatic carbocycles. The Morgan fingerprint density at radius 3 is 2.53 bits per heavy atom. The molecule has 0 N–H and O–H groups in total. The molecule has 0 unspecified atom stereocenters. The first-order valence-electron chi connectivity index (χ1n) is 5.41. The maximum atomic E-state index is 13.7. The van der Waals surface area contributed by atoms with Gasteiger partial charge in [-0.15, -0.1) is 0 Å². The highest BCUT2D eigenvalue weighted by molar-refractivity contribution is 6.32. The van der Waals surface area contributed by atoms with Gasteiger partial charge in [-0.1, -0.05) is 23.7 Å². The van der Waals surface area contributed by atoms with Crippen LogP contribution >= 0.6 is 11.6 Å². The van der Waals surface area contributed by atoms with E-state index in [1.807, 2.05) is 0 Å². The lowest BCUT2D eigenvalue weighted by Crippen LogP contribution is -2.12. The van der Waals surface area contributed by atoms with Crippen molar-refractivity contribution >= 4 is 23.1 Å². The zero-order valence-electron chi connectivity index (χ0n) is 10.4. The zero-order chi connectivity index (χ0) is 14.0. The van der Waals surface area contributed by atoms with Crippen molar-refractivity contribution in [2.24, 2.45) is 0 Å². The van der Waals surface area contributed by atoms with Gasteiger partial charge in [-0.2, -0.15) is 0 Å². The second-order valence-electron chi connectivity index (χ2n) is 4.00. The summed E-state index contributed by atoms with van der Waals surface area (Å²) >= 11 is 5.97. The summed E-state index contributed by atoms with van der Waals surface area (Å²) in [6.07, 6.45) is 0. The van der Waals surface area contributed by atoms with Crippen molar-refractivity contribution in [1.82, 2.24) is 9.97 Å². The SMILES string of the molecule is [C-]#[N+]c1c(Cl)nc(-c2ccccc2F)nc1N(C)C. The molecule has 0 saturated carbocycles. The van der Waals surface area contributed by atoms with Crippen molar-refractivity contribution in [3.05, 3.63) is 46.7 Å². The largest absolute Gasteiger partial charge is 0.371 e. The molecular weight excluding hydrogens is 267 g/mol. The number of halogens is 2. The maximum absolute atomic E-state index is 13.7. The van der Waals surface area contributed by atoms with Gasteiger partial charge in [-0.25, -0.2) is 19.2 Å². The first-order valence-corrected chi connectivity index (χ1v) is 5.79. The molecule has 0 amide bonds. The molecule has 0 fully saturated rings. The highest BCUT2D eigenvalue weighted by Gasteiger charge is 2.17. The van der Waals surface area contributed by atoms with E-state index < -0.39 is 5.82 Å². The van der Waals surface area contributed by atoms with Crippen molar-refractivity contribution in [1.29, 1.82) is 0 Å². The third-order valence-electron chi connectivity index (χ3n) is 2.47. The fraction of sp³-hybridized carbons (Fsp3) is 0.154. The molecule has 96 valence electrons. The molecule has 0 saturated heterocycles. The standard InChI is InChI=1S/C13H10ClFN4/c1-16-10-11(14)17-12(18-13(10)19(2)3)8-6-4-5-7-9(8)15/h4-7H,2-3H3. The quantitative estimate of drug-likeness (QED) is 0.621. The van der Waals surface area contributed by atoms with Crippen LogP contribution in [0.4, 0.5) is 15.9 Å². The summed E-state index contributed by atoms with van der Waals surface area (Å²) in [5.41, 5.74) is 0.413. The van der Waals surface area contributed by atoms with Crippen molar-refractivity contribution in [2.75, 3.05) is 19.0 Å². The number of nitrogens with zero attached hydrogens (tertiary/aromatic N) is 4. The van der Waals surface area contributed by atoms with Gasteiger partial charge < -0.3 is 4.90 Å². The van der Waals surface area contributed by atoms with Crippen LogP contribution < -0.4 is 4.90 Å². The maximum Gasteiger partial charge on any atom is 0.264 e. The van der Waals surface area contributed by atoms with Crippen LogP contribution in [-0.4, -0.2) is 24.1 Å². The van der Waals surface area contributed by atoms with Gasteiger partial charge in [0.1, 0.15) is 16.8 Å². The summed E-state index contributed by atoms with van der Waals surface area (Å²) in [4.78, 5) is 13.2. The topological polar surface area (TPSA) is 33.4 Å². The Morgan fingerprint density at radius 1 is 1.26 bits per heavy atom. The molecule has 19 heavy (non-hydrogen) atoms. The van der Waals surface area contributed by atoms with Crippen molar-refractivity contribution in [3.63, 3.8) is 0 Å². The van der Waals surface area contributed by atoms with E-state index in [0.29, 0.717) is 5.82 Å². The lowest BCUT2D eigenvalue weighted by Gasteiger charge is -2.15. The summed E-state index contributed by atoms with van der Waals surface area (Å²) in [5.74, 6) is 0.103. The number of aromatic nitrogens is 2. The van der Waals surface area contributed by atoms with E-state index >= 15 is 0 Å². The molecular formula is C13H10ClFN4. The van der Waals surface area contributed by atoms with Gasteiger partial charge in [-0.05, 0) is 12.1 Å². The normalized spacial score (nSPS) is 10.1. The summed E-state index contributed by atoms with van der Waals surface area (Å²) in [7, 11) is 3.47. The first-order chi connectivity index (χ1) is 9.04. The second-order valence-corrected chi connectivity index (χ2v) is 4.35. The third-order valence-corrected chi connectivity index (χ3v) is 2.74. The Kier molecular flexibility index (Phi) is 3.63. The van der Waals surface area contributed by atoms with Crippen LogP contribution in [0.5, 0.6) is 0 Å². The molecule has 0 aliphatic heterocycles. The van der Waals surface area contributed by atoms with Gasteiger partial charge in [0.25, 0.3) is 5.69 Å². The number of benzene rings is 1. The van der Waals surface area contributed by atoms with Gasteiger partial charge in [-0.3, -0.25) is 0 Å². The predicted molar refractivity (Wildman–Crippen MR) is 73.0 cm³/mol. The van der Waals surface area contributed by atoms with Crippen LogP contribution in [0.1, 0.15) is 0 Å². The van der Waals surface area contributed by atoms with E-state index in [0.717, 1.165) is 0 Å². The fourth-order valence-corrected chi connectivity index (χ4v) is 1.79. The minimum atomic E-state index is -0.432. The lowest BCUT2D eigenvalue weighted by atomic mass is 10.2. The van der Waals surface area contributed by atoms with Crippen LogP contribution in [0, 0.1) is 12.4 Å². The molecule has 4 nitrogen and oxygen atoms in total. The molecule has 0 bridgehead atoms. The van der Waals surface area contributed by atoms with Gasteiger partial charge in [0.05, 0.1) is 12.1 Å². The molecule has 1 aromatic heterocycles. The highest BCUT2D eigenvalue weighted by atomic mass is 35.5. The molecule has 6 heteroatoms. The van der Waals surface area contributed by atoms with Crippen molar-refractivity contribution in [2.45, 2.75) is 0 Å². The number of rotatable bonds is 2. The Labute approximate surface area is 115 Å². The molecule has 2 rings (SSSR count). The van der Waals surface area contributed by atoms with E-state index in [9.17, 15) is 4.39 Å². The van der Waals surface area contributed by atoms with Gasteiger partial charge >= 0.3 is 0 Å². The lowest BCUT2D eigenvalue weighted by molar-refractivity contribution is 0.630. The average molecular weight is 277 g/mol. The Morgan fingerprint density at radius 2 is 1.95 bits per heavy atom. The summed E-state index contributed by atoms with van der Waals surface area (Å²) in [5, 5.41) is 0.0203. The monoisotopic (exact) mass is 276 g/mol.